The molecule has 1 aliphatic rings. The zero-order chi connectivity index (χ0) is 16.1. The van der Waals surface area contributed by atoms with E-state index in [1.807, 2.05) is 0 Å². The zero-order valence-corrected chi connectivity index (χ0v) is 13.0. The molecule has 0 aromatic carbocycles. The first-order valence-electron chi connectivity index (χ1n) is 6.85. The lowest BCUT2D eigenvalue weighted by Crippen LogP contribution is -2.71. The first-order chi connectivity index (χ1) is 8.75. The van der Waals surface area contributed by atoms with Crippen LogP contribution in [0.4, 0.5) is 0 Å². The molecule has 5 atom stereocenters. The molecule has 1 rings (SSSR count). The molecule has 0 unspecified atom stereocenters. The third-order valence-electron chi connectivity index (χ3n) is 4.29. The molecule has 0 spiro atoms. The van der Waals surface area contributed by atoms with E-state index in [9.17, 15) is 25.5 Å². The van der Waals surface area contributed by atoms with E-state index in [0.717, 1.165) is 0 Å². The Labute approximate surface area is 120 Å². The van der Waals surface area contributed by atoms with Crippen LogP contribution in [0.15, 0.2) is 0 Å². The summed E-state index contributed by atoms with van der Waals surface area (Å²) in [6, 6.07) is 0. The van der Waals surface area contributed by atoms with Crippen LogP contribution in [0, 0.1) is 10.8 Å². The van der Waals surface area contributed by atoms with Crippen molar-refractivity contribution in [3.8, 4) is 0 Å². The van der Waals surface area contributed by atoms with Crippen LogP contribution in [-0.4, -0.2) is 61.8 Å². The highest BCUT2D eigenvalue weighted by atomic mass is 16.6. The summed E-state index contributed by atoms with van der Waals surface area (Å²) in [6.07, 6.45) is -7.58. The van der Waals surface area contributed by atoms with Gasteiger partial charge in [0.05, 0.1) is 0 Å². The highest BCUT2D eigenvalue weighted by molar-refractivity contribution is 5.10. The molecule has 0 radical (unpaired) electrons. The summed E-state index contributed by atoms with van der Waals surface area (Å²) in [5, 5.41) is 50.4. The third-order valence-corrected chi connectivity index (χ3v) is 4.29. The second-order valence-electron chi connectivity index (χ2n) is 7.69. The van der Waals surface area contributed by atoms with E-state index >= 15 is 0 Å². The molecule has 6 heteroatoms. The van der Waals surface area contributed by atoms with Crippen LogP contribution in [0.3, 0.4) is 0 Å². The molecular formula is C14H28O6. The zero-order valence-electron chi connectivity index (χ0n) is 13.0. The Hall–Kier alpha value is -0.240. The van der Waals surface area contributed by atoms with Crippen molar-refractivity contribution >= 4 is 0 Å². The average Bonchev–Trinajstić information content (AvgIpc) is 2.27. The number of rotatable bonds is 1. The van der Waals surface area contributed by atoms with Crippen LogP contribution in [0.2, 0.25) is 0 Å². The quantitative estimate of drug-likeness (QED) is 0.450. The predicted molar refractivity (Wildman–Crippen MR) is 72.8 cm³/mol. The van der Waals surface area contributed by atoms with Gasteiger partial charge in [-0.25, -0.2) is 0 Å². The highest BCUT2D eigenvalue weighted by Gasteiger charge is 2.61. The van der Waals surface area contributed by atoms with E-state index < -0.39 is 47.1 Å². The van der Waals surface area contributed by atoms with Gasteiger partial charge in [-0.3, -0.25) is 0 Å². The van der Waals surface area contributed by atoms with Crippen LogP contribution >= 0.6 is 0 Å². The van der Waals surface area contributed by atoms with E-state index in [0.29, 0.717) is 0 Å². The van der Waals surface area contributed by atoms with E-state index in [-0.39, 0.29) is 0 Å². The van der Waals surface area contributed by atoms with Gasteiger partial charge in [0.1, 0.15) is 30.0 Å². The Morgan fingerprint density at radius 1 is 0.700 bits per heavy atom. The first-order valence-corrected chi connectivity index (χ1v) is 6.85. The van der Waals surface area contributed by atoms with Crippen LogP contribution in [-0.2, 0) is 4.74 Å². The van der Waals surface area contributed by atoms with E-state index in [4.69, 9.17) is 4.74 Å². The van der Waals surface area contributed by atoms with Gasteiger partial charge in [0.25, 0.3) is 0 Å². The molecule has 20 heavy (non-hydrogen) atoms. The molecule has 1 fully saturated rings. The third kappa shape index (κ3) is 2.61. The van der Waals surface area contributed by atoms with Gasteiger partial charge in [-0.15, -0.1) is 0 Å². The van der Waals surface area contributed by atoms with Crippen molar-refractivity contribution in [3.63, 3.8) is 0 Å². The minimum absolute atomic E-state index is 0.696. The molecule has 1 heterocycles. The van der Waals surface area contributed by atoms with Crippen molar-refractivity contribution in [2.24, 2.45) is 10.8 Å². The fourth-order valence-electron chi connectivity index (χ4n) is 3.19. The fraction of sp³-hybridized carbons (Fsp3) is 1.00. The Morgan fingerprint density at radius 3 is 1.45 bits per heavy atom. The molecule has 120 valence electrons. The molecule has 0 bridgehead atoms. The topological polar surface area (TPSA) is 110 Å². The fourth-order valence-corrected chi connectivity index (χ4v) is 3.19. The molecule has 0 aromatic rings. The van der Waals surface area contributed by atoms with Gasteiger partial charge < -0.3 is 30.3 Å². The molecule has 0 aromatic heterocycles. The van der Waals surface area contributed by atoms with Crippen molar-refractivity contribution in [2.75, 3.05) is 0 Å². The second-order valence-corrected chi connectivity index (χ2v) is 7.69. The Balaban J connectivity index is 3.29. The van der Waals surface area contributed by atoms with Crippen LogP contribution in [0.1, 0.15) is 41.5 Å². The van der Waals surface area contributed by atoms with E-state index in [2.05, 4.69) is 0 Å². The molecule has 6 nitrogen and oxygen atoms in total. The van der Waals surface area contributed by atoms with Crippen molar-refractivity contribution in [2.45, 2.75) is 77.8 Å². The minimum Gasteiger partial charge on any atom is -0.387 e. The Kier molecular flexibility index (Phi) is 4.62. The smallest absolute Gasteiger partial charge is 0.184 e. The highest BCUT2D eigenvalue weighted by Crippen LogP contribution is 2.49. The predicted octanol–water partition coefficient (Wildman–Crippen LogP) is -0.390. The standard InChI is InChI=1S/C14H28O6/c1-12(2,3)14(19,13(4,5)6)10-8(16)7(15)9(17)11(18)20-10/h7-11,15-19H,1-6H3/t7-,8-,9+,10-,11+/m0/s1. The lowest BCUT2D eigenvalue weighted by molar-refractivity contribution is -0.340. The van der Waals surface area contributed by atoms with Crippen LogP contribution in [0.25, 0.3) is 0 Å². The van der Waals surface area contributed by atoms with Gasteiger partial charge in [0.15, 0.2) is 6.29 Å². The number of aliphatic hydroxyl groups is 5. The number of aliphatic hydroxyl groups excluding tert-OH is 4. The van der Waals surface area contributed by atoms with Gasteiger partial charge in [-0.1, -0.05) is 41.5 Å². The number of ether oxygens (including phenoxy) is 1. The summed E-state index contributed by atoms with van der Waals surface area (Å²) in [7, 11) is 0. The summed E-state index contributed by atoms with van der Waals surface area (Å²) in [5.74, 6) is 0. The molecule has 0 aliphatic carbocycles. The molecule has 1 aliphatic heterocycles. The van der Waals surface area contributed by atoms with Gasteiger partial charge in [0.2, 0.25) is 0 Å². The molecule has 5 N–H and O–H groups in total. The van der Waals surface area contributed by atoms with E-state index in [1.165, 1.54) is 0 Å². The summed E-state index contributed by atoms with van der Waals surface area (Å²) >= 11 is 0. The van der Waals surface area contributed by atoms with Crippen molar-refractivity contribution in [1.29, 1.82) is 0 Å². The van der Waals surface area contributed by atoms with Crippen molar-refractivity contribution < 1.29 is 30.3 Å². The summed E-state index contributed by atoms with van der Waals surface area (Å²) in [6.45, 7) is 10.7. The van der Waals surface area contributed by atoms with Gasteiger partial charge in [-0.2, -0.15) is 0 Å². The summed E-state index contributed by atoms with van der Waals surface area (Å²) in [5.41, 5.74) is -2.93. The average molecular weight is 292 g/mol. The maximum atomic E-state index is 11.2. The normalized spacial score (nSPS) is 37.0. The van der Waals surface area contributed by atoms with Gasteiger partial charge in [0, 0.05) is 0 Å². The van der Waals surface area contributed by atoms with Crippen molar-refractivity contribution in [3.05, 3.63) is 0 Å². The molecule has 0 saturated carbocycles. The lowest BCUT2D eigenvalue weighted by Gasteiger charge is -2.56. The molecular weight excluding hydrogens is 264 g/mol. The van der Waals surface area contributed by atoms with Crippen LogP contribution in [0.5, 0.6) is 0 Å². The lowest BCUT2D eigenvalue weighted by atomic mass is 9.58. The maximum absolute atomic E-state index is 11.2. The van der Waals surface area contributed by atoms with Gasteiger partial charge >= 0.3 is 0 Å². The van der Waals surface area contributed by atoms with Crippen LogP contribution < -0.4 is 0 Å². The molecule has 0 amide bonds. The largest absolute Gasteiger partial charge is 0.387 e. The number of hydrogen-bond donors (Lipinski definition) is 5. The monoisotopic (exact) mass is 292 g/mol. The maximum Gasteiger partial charge on any atom is 0.184 e. The Bertz CT molecular complexity index is 329. The van der Waals surface area contributed by atoms with E-state index in [1.54, 1.807) is 41.5 Å². The summed E-state index contributed by atoms with van der Waals surface area (Å²) < 4.78 is 5.24. The van der Waals surface area contributed by atoms with Crippen molar-refractivity contribution in [1.82, 2.24) is 0 Å². The number of hydrogen-bond acceptors (Lipinski definition) is 6. The first kappa shape index (κ1) is 17.8. The summed E-state index contributed by atoms with van der Waals surface area (Å²) in [4.78, 5) is 0. The van der Waals surface area contributed by atoms with Gasteiger partial charge in [-0.05, 0) is 10.8 Å². The Morgan fingerprint density at radius 2 is 1.10 bits per heavy atom. The second kappa shape index (κ2) is 5.19. The SMILES string of the molecule is CC(C)(C)C(O)([C@H]1O[C@@H](O)[C@H](O)[C@@H](O)[C@@H]1O)C(C)(C)C. The molecule has 1 saturated heterocycles. The minimum atomic E-state index is -1.66.